The number of aromatic nitrogens is 4. The van der Waals surface area contributed by atoms with E-state index in [1.54, 1.807) is 10.7 Å². The topological polar surface area (TPSA) is 117 Å². The molecule has 3 aromatic rings. The predicted octanol–water partition coefficient (Wildman–Crippen LogP) is 4.30. The Morgan fingerprint density at radius 2 is 1.90 bits per heavy atom. The maximum atomic E-state index is 13.6. The smallest absolute Gasteiger partial charge is 0.410 e. The van der Waals surface area contributed by atoms with Gasteiger partial charge in [-0.05, 0) is 59.4 Å². The molecular formula is C31H43N7O4. The summed E-state index contributed by atoms with van der Waals surface area (Å²) in [7, 11) is 1.88. The third-order valence-corrected chi connectivity index (χ3v) is 8.08. The second-order valence-electron chi connectivity index (χ2n) is 12.5. The predicted molar refractivity (Wildman–Crippen MR) is 161 cm³/mol. The summed E-state index contributed by atoms with van der Waals surface area (Å²) >= 11 is 0. The van der Waals surface area contributed by atoms with Gasteiger partial charge in [0.1, 0.15) is 16.9 Å². The van der Waals surface area contributed by atoms with E-state index in [9.17, 15) is 14.7 Å². The number of ether oxygens (including phenoxy) is 1. The highest BCUT2D eigenvalue weighted by Gasteiger charge is 2.39. The second-order valence-corrected chi connectivity index (χ2v) is 12.5. The van der Waals surface area contributed by atoms with Gasteiger partial charge < -0.3 is 24.5 Å². The third kappa shape index (κ3) is 5.94. The van der Waals surface area contributed by atoms with Crippen LogP contribution in [0.3, 0.4) is 0 Å². The van der Waals surface area contributed by atoms with Gasteiger partial charge in [0.05, 0.1) is 23.6 Å². The van der Waals surface area contributed by atoms with E-state index in [1.165, 1.54) is 0 Å². The van der Waals surface area contributed by atoms with Gasteiger partial charge in [-0.3, -0.25) is 14.4 Å². The molecule has 1 aliphatic carbocycles. The summed E-state index contributed by atoms with van der Waals surface area (Å²) in [5.41, 5.74) is 4.46. The molecule has 226 valence electrons. The maximum Gasteiger partial charge on any atom is 0.410 e. The van der Waals surface area contributed by atoms with Crippen molar-refractivity contribution in [1.29, 1.82) is 0 Å². The molecule has 1 saturated heterocycles. The van der Waals surface area contributed by atoms with Crippen molar-refractivity contribution in [3.05, 3.63) is 53.2 Å². The summed E-state index contributed by atoms with van der Waals surface area (Å²) < 4.78 is 9.26. The maximum absolute atomic E-state index is 13.6. The number of imidazole rings is 1. The number of nitrogens with zero attached hydrogens (tertiary/aromatic N) is 6. The lowest BCUT2D eigenvalue weighted by atomic mass is 9.83. The van der Waals surface area contributed by atoms with Crippen molar-refractivity contribution in [3.63, 3.8) is 0 Å². The van der Waals surface area contributed by atoms with E-state index in [-0.39, 0.29) is 36.6 Å². The Labute approximate surface area is 247 Å². The first-order valence-electron chi connectivity index (χ1n) is 14.8. The van der Waals surface area contributed by atoms with Gasteiger partial charge in [-0.1, -0.05) is 13.0 Å². The van der Waals surface area contributed by atoms with Crippen molar-refractivity contribution in [2.75, 3.05) is 25.0 Å². The number of anilines is 1. The fourth-order valence-electron chi connectivity index (χ4n) is 6.37. The number of carbonyl (C=O) groups excluding carboxylic acids is 2. The molecule has 42 heavy (non-hydrogen) atoms. The quantitative estimate of drug-likeness (QED) is 0.449. The van der Waals surface area contributed by atoms with E-state index in [0.717, 1.165) is 37.2 Å². The van der Waals surface area contributed by atoms with E-state index in [4.69, 9.17) is 9.84 Å². The number of nitrogens with one attached hydrogen (secondary N) is 1. The van der Waals surface area contributed by atoms with Crippen LogP contribution in [0.4, 0.5) is 10.5 Å². The largest absolute Gasteiger partial charge is 0.444 e. The molecule has 3 aromatic heterocycles. The monoisotopic (exact) mass is 577 g/mol. The van der Waals surface area contributed by atoms with Gasteiger partial charge in [-0.25, -0.2) is 9.78 Å². The molecule has 2 aliphatic rings. The summed E-state index contributed by atoms with van der Waals surface area (Å²) in [5.74, 6) is -0.172. The minimum absolute atomic E-state index is 0.0684. The number of hydrogen-bond acceptors (Lipinski definition) is 7. The Kier molecular flexibility index (Phi) is 8.17. The highest BCUT2D eigenvalue weighted by atomic mass is 16.6. The van der Waals surface area contributed by atoms with E-state index < -0.39 is 5.60 Å². The molecule has 0 saturated carbocycles. The molecular weight excluding hydrogens is 534 g/mol. The molecule has 0 aromatic carbocycles. The van der Waals surface area contributed by atoms with E-state index in [0.29, 0.717) is 34.7 Å². The van der Waals surface area contributed by atoms with Gasteiger partial charge in [-0.15, -0.1) is 0 Å². The zero-order valence-electron chi connectivity index (χ0n) is 25.7. The molecule has 2 atom stereocenters. The number of fused-ring (bicyclic) bond motifs is 2. The number of piperidine rings is 1. The Morgan fingerprint density at radius 3 is 2.55 bits per heavy atom. The minimum Gasteiger partial charge on any atom is -0.444 e. The van der Waals surface area contributed by atoms with Crippen molar-refractivity contribution in [3.8, 4) is 0 Å². The molecule has 2 unspecified atom stereocenters. The number of amides is 2. The lowest BCUT2D eigenvalue weighted by Gasteiger charge is -2.43. The SMILES string of the molecule is CCN(C(=O)OC(C)(C)C)C1CCN(C2c3cn(C)nc3C(C(=O)Nc3cc(CO)c4nc(C)cn4c3)=CC2C)CC1. The molecule has 4 heterocycles. The lowest BCUT2D eigenvalue weighted by Crippen LogP contribution is -2.50. The van der Waals surface area contributed by atoms with Crippen LogP contribution < -0.4 is 5.32 Å². The number of carbonyl (C=O) groups is 2. The van der Waals surface area contributed by atoms with E-state index >= 15 is 0 Å². The summed E-state index contributed by atoms with van der Waals surface area (Å²) in [6, 6.07) is 1.97. The molecule has 5 rings (SSSR count). The first-order chi connectivity index (χ1) is 19.9. The summed E-state index contributed by atoms with van der Waals surface area (Å²) in [5, 5.41) is 17.6. The van der Waals surface area contributed by atoms with Gasteiger partial charge in [0.15, 0.2) is 0 Å². The summed E-state index contributed by atoms with van der Waals surface area (Å²) in [4.78, 5) is 35.3. The highest BCUT2D eigenvalue weighted by Crippen LogP contribution is 2.41. The van der Waals surface area contributed by atoms with Crippen LogP contribution in [0, 0.1) is 12.8 Å². The standard InChI is InChI=1S/C31H43N7O4/c1-8-38(30(41)42-31(4,5)6)23-9-11-36(12-10-23)27-19(2)13-24(26-25(27)17-35(7)34-26)29(40)33-22-14-21(18-39)28-32-20(3)15-37(28)16-22/h13-17,19,23,27,39H,8-12,18H2,1-7H3,(H,33,40). The number of aliphatic hydroxyl groups is 1. The van der Waals surface area contributed by atoms with Crippen molar-refractivity contribution >= 4 is 28.9 Å². The molecule has 2 N–H and O–H groups in total. The first kappa shape index (κ1) is 29.8. The van der Waals surface area contributed by atoms with Crippen LogP contribution >= 0.6 is 0 Å². The normalized spacial score (nSPS) is 19.9. The number of likely N-dealkylation sites (tertiary alicyclic amines) is 1. The zero-order chi connectivity index (χ0) is 30.3. The van der Waals surface area contributed by atoms with Gasteiger partial charge in [0.25, 0.3) is 5.91 Å². The van der Waals surface area contributed by atoms with Gasteiger partial charge in [-0.2, -0.15) is 5.10 Å². The summed E-state index contributed by atoms with van der Waals surface area (Å²) in [6.45, 7) is 13.8. The lowest BCUT2D eigenvalue weighted by molar-refractivity contribution is -0.111. The number of aryl methyl sites for hydroxylation is 2. The van der Waals surface area contributed by atoms with Crippen LogP contribution in [0.5, 0.6) is 0 Å². The average Bonchev–Trinajstić information content (AvgIpc) is 3.48. The average molecular weight is 578 g/mol. The fourth-order valence-corrected chi connectivity index (χ4v) is 6.37. The Morgan fingerprint density at radius 1 is 1.19 bits per heavy atom. The first-order valence-corrected chi connectivity index (χ1v) is 14.8. The number of aliphatic hydroxyl groups excluding tert-OH is 1. The molecule has 11 heteroatoms. The van der Waals surface area contributed by atoms with Crippen LogP contribution in [0.1, 0.15) is 76.0 Å². The van der Waals surface area contributed by atoms with E-state index in [1.807, 2.05) is 75.6 Å². The molecule has 0 bridgehead atoms. The molecule has 2 amide bonds. The van der Waals surface area contributed by atoms with Crippen molar-refractivity contribution < 1.29 is 19.4 Å². The van der Waals surface area contributed by atoms with Crippen LogP contribution in [-0.2, 0) is 23.2 Å². The fraction of sp³-hybridized carbons (Fsp3) is 0.548. The van der Waals surface area contributed by atoms with Crippen LogP contribution in [-0.4, -0.2) is 77.3 Å². The van der Waals surface area contributed by atoms with Crippen molar-refractivity contribution in [1.82, 2.24) is 29.0 Å². The van der Waals surface area contributed by atoms with Gasteiger partial charge >= 0.3 is 6.09 Å². The molecule has 1 aliphatic heterocycles. The Hall–Kier alpha value is -3.70. The number of hydrogen-bond donors (Lipinski definition) is 2. The number of rotatable bonds is 6. The van der Waals surface area contributed by atoms with Crippen LogP contribution in [0.25, 0.3) is 11.2 Å². The van der Waals surface area contributed by atoms with Crippen molar-refractivity contribution in [2.45, 2.75) is 78.7 Å². The number of pyridine rings is 1. The van der Waals surface area contributed by atoms with Crippen LogP contribution in [0.15, 0.2) is 30.7 Å². The minimum atomic E-state index is -0.526. The van der Waals surface area contributed by atoms with Gasteiger partial charge in [0.2, 0.25) is 0 Å². The third-order valence-electron chi connectivity index (χ3n) is 8.08. The Balaban J connectivity index is 1.33. The summed E-state index contributed by atoms with van der Waals surface area (Å²) in [6.07, 6.45) is 9.17. The molecule has 0 radical (unpaired) electrons. The molecule has 11 nitrogen and oxygen atoms in total. The van der Waals surface area contributed by atoms with Crippen molar-refractivity contribution in [2.24, 2.45) is 13.0 Å². The highest BCUT2D eigenvalue weighted by molar-refractivity contribution is 6.25. The second kappa shape index (κ2) is 11.5. The van der Waals surface area contributed by atoms with Gasteiger partial charge in [0, 0.05) is 68.5 Å². The molecule has 1 fully saturated rings. The van der Waals surface area contributed by atoms with Crippen LogP contribution in [0.2, 0.25) is 0 Å². The molecule has 0 spiro atoms. The van der Waals surface area contributed by atoms with E-state index in [2.05, 4.69) is 22.1 Å². The Bertz CT molecular complexity index is 1510. The zero-order valence-corrected chi connectivity index (χ0v) is 25.7.